The van der Waals surface area contributed by atoms with Crippen LogP contribution in [0, 0.1) is 0 Å². The Morgan fingerprint density at radius 3 is 1.45 bits per heavy atom. The van der Waals surface area contributed by atoms with Gasteiger partial charge in [-0.2, -0.15) is 0 Å². The van der Waals surface area contributed by atoms with E-state index in [1.165, 1.54) is 37.8 Å². The van der Waals surface area contributed by atoms with Crippen LogP contribution in [0.4, 0.5) is 34.1 Å². The summed E-state index contributed by atoms with van der Waals surface area (Å²) >= 11 is 0. The SMILES string of the molecule is [2H]c1ccc(-c2cccc(N(c3ccc4c5c6ccccc6cc6c7cc8ccc9c%10ccc(N(c%11cccc(-c%12ccccc%12)c%11)c%11ccccc%11-c%11ccc([2H])cc%11)cc%10oc9c8cc7n(c4c3)c65)c3ccccc3-c3ccccc3)c2)cc1. The van der Waals surface area contributed by atoms with Crippen molar-refractivity contribution in [1.82, 2.24) is 4.40 Å². The fourth-order valence-corrected chi connectivity index (χ4v) is 13.3. The summed E-state index contributed by atoms with van der Waals surface area (Å²) in [4.78, 5) is 4.74. The van der Waals surface area contributed by atoms with Gasteiger partial charge in [-0.3, -0.25) is 0 Å². The molecule has 3 heterocycles. The lowest BCUT2D eigenvalue weighted by Crippen LogP contribution is -2.11. The zero-order valence-electron chi connectivity index (χ0n) is 47.5. The van der Waals surface area contributed by atoms with Gasteiger partial charge in [-0.25, -0.2) is 0 Å². The maximum atomic E-state index is 8.29. The van der Waals surface area contributed by atoms with E-state index < -0.39 is 0 Å². The van der Waals surface area contributed by atoms with Gasteiger partial charge in [-0.1, -0.05) is 218 Å². The van der Waals surface area contributed by atoms with E-state index in [0.29, 0.717) is 12.1 Å². The van der Waals surface area contributed by atoms with Gasteiger partial charge in [-0.05, 0) is 134 Å². The molecular weight excluding hydrogens is 1020 g/mol. The van der Waals surface area contributed by atoms with E-state index in [9.17, 15) is 0 Å². The zero-order chi connectivity index (χ0) is 57.0. The molecule has 392 valence electrons. The average molecular weight is 1070 g/mol. The third-order valence-corrected chi connectivity index (χ3v) is 17.1. The van der Waals surface area contributed by atoms with E-state index in [-0.39, 0.29) is 0 Å². The molecule has 0 spiro atoms. The van der Waals surface area contributed by atoms with Crippen LogP contribution in [0.25, 0.3) is 126 Å². The molecule has 0 bridgehead atoms. The van der Waals surface area contributed by atoms with Gasteiger partial charge in [0, 0.05) is 77.6 Å². The molecule has 84 heavy (non-hydrogen) atoms. The minimum absolute atomic E-state index is 0.476. The Balaban J connectivity index is 0.882. The van der Waals surface area contributed by atoms with Crippen molar-refractivity contribution in [2.75, 3.05) is 9.80 Å². The molecular formula is C80H51N3O. The lowest BCUT2D eigenvalue weighted by atomic mass is 9.98. The molecule has 17 rings (SSSR count). The molecule has 0 saturated heterocycles. The fourth-order valence-electron chi connectivity index (χ4n) is 13.3. The third-order valence-electron chi connectivity index (χ3n) is 17.1. The largest absolute Gasteiger partial charge is 0.455 e. The van der Waals surface area contributed by atoms with Crippen LogP contribution < -0.4 is 9.80 Å². The fraction of sp³-hybridized carbons (Fsp3) is 0. The van der Waals surface area contributed by atoms with Gasteiger partial charge < -0.3 is 18.6 Å². The van der Waals surface area contributed by atoms with Crippen LogP contribution >= 0.6 is 0 Å². The summed E-state index contributed by atoms with van der Waals surface area (Å²) < 4.78 is 26.3. The highest BCUT2D eigenvalue weighted by molar-refractivity contribution is 6.33. The van der Waals surface area contributed by atoms with Crippen molar-refractivity contribution in [1.29, 1.82) is 0 Å². The van der Waals surface area contributed by atoms with Crippen LogP contribution in [0.5, 0.6) is 0 Å². The standard InChI is InChI=1S/C80H51N3O/c1-5-21-52(22-6-1)56-30-19-32-60(45-56)81(73-37-17-15-34-64(73)54-25-9-3-10-26-54)62-41-44-69-75(49-62)83-76-51-70-59(47-71(76)72-48-58-29-13-14-36-66(58)78(69)79(72)83)39-42-68-67-43-40-63(50-77(67)84-80(68)70)82(61-33-20-31-57(46-61)53-23-7-2-8-24-53)74-38-18-16-35-65(74)55-27-11-4-12-28-55/h1-51H/i1D,4D. The highest BCUT2D eigenvalue weighted by Crippen LogP contribution is 2.50. The number of aromatic nitrogens is 1. The second kappa shape index (κ2) is 19.2. The highest BCUT2D eigenvalue weighted by Gasteiger charge is 2.26. The molecule has 0 N–H and O–H groups in total. The lowest BCUT2D eigenvalue weighted by Gasteiger charge is -2.28. The summed E-state index contributed by atoms with van der Waals surface area (Å²) in [6.07, 6.45) is 0. The Hall–Kier alpha value is -11.2. The number of hydrogen-bond donors (Lipinski definition) is 0. The van der Waals surface area contributed by atoms with Crippen molar-refractivity contribution in [2.45, 2.75) is 0 Å². The summed E-state index contributed by atoms with van der Waals surface area (Å²) in [7, 11) is 0. The molecule has 0 amide bonds. The van der Waals surface area contributed by atoms with Crippen molar-refractivity contribution in [3.8, 4) is 44.5 Å². The lowest BCUT2D eigenvalue weighted by molar-refractivity contribution is 0.673. The summed E-state index contributed by atoms with van der Waals surface area (Å²) in [6.45, 7) is 0. The van der Waals surface area contributed by atoms with Crippen molar-refractivity contribution in [3.63, 3.8) is 0 Å². The molecule has 0 unspecified atom stereocenters. The molecule has 0 aliphatic carbocycles. The summed E-state index contributed by atoms with van der Waals surface area (Å²) in [5.41, 5.74) is 20.0. The second-order valence-corrected chi connectivity index (χ2v) is 21.8. The first kappa shape index (κ1) is 45.5. The predicted molar refractivity (Wildman–Crippen MR) is 355 cm³/mol. The van der Waals surface area contributed by atoms with Crippen LogP contribution in [-0.2, 0) is 0 Å². The van der Waals surface area contributed by atoms with E-state index in [1.807, 2.05) is 48.5 Å². The molecule has 0 aliphatic rings. The van der Waals surface area contributed by atoms with Gasteiger partial charge in [0.25, 0.3) is 0 Å². The van der Waals surface area contributed by atoms with E-state index in [4.69, 9.17) is 7.16 Å². The molecule has 17 aromatic rings. The number of furan rings is 1. The Labute approximate surface area is 488 Å². The topological polar surface area (TPSA) is 24.0 Å². The maximum absolute atomic E-state index is 8.29. The Morgan fingerprint density at radius 1 is 0.298 bits per heavy atom. The van der Waals surface area contributed by atoms with Crippen LogP contribution in [-0.4, -0.2) is 4.40 Å². The first-order valence-electron chi connectivity index (χ1n) is 29.6. The number of rotatable bonds is 10. The van der Waals surface area contributed by atoms with Gasteiger partial charge in [0.15, 0.2) is 0 Å². The van der Waals surface area contributed by atoms with E-state index in [0.717, 1.165) is 122 Å². The number of nitrogens with zero attached hydrogens (tertiary/aromatic N) is 3. The van der Waals surface area contributed by atoms with Crippen LogP contribution in [0.3, 0.4) is 0 Å². The van der Waals surface area contributed by atoms with Gasteiger partial charge in [0.2, 0.25) is 0 Å². The molecule has 0 radical (unpaired) electrons. The Bertz CT molecular complexity index is 5500. The quantitative estimate of drug-likeness (QED) is 0.136. The first-order chi connectivity index (χ1) is 42.5. The van der Waals surface area contributed by atoms with Crippen molar-refractivity contribution < 1.29 is 7.16 Å². The number of benzene rings is 14. The molecule has 0 saturated carbocycles. The number of para-hydroxylation sites is 2. The minimum Gasteiger partial charge on any atom is -0.455 e. The molecule has 14 aromatic carbocycles. The zero-order valence-corrected chi connectivity index (χ0v) is 45.5. The van der Waals surface area contributed by atoms with E-state index in [1.54, 1.807) is 0 Å². The summed E-state index contributed by atoms with van der Waals surface area (Å²) in [6, 6.07) is 107. The summed E-state index contributed by atoms with van der Waals surface area (Å²) in [5, 5.41) is 11.5. The minimum atomic E-state index is 0.476. The van der Waals surface area contributed by atoms with Crippen LogP contribution in [0.15, 0.2) is 314 Å². The van der Waals surface area contributed by atoms with Crippen molar-refractivity contribution >= 4 is 116 Å². The predicted octanol–water partition coefficient (Wildman–Crippen LogP) is 22.7. The average Bonchev–Trinajstić information content (AvgIpc) is 1.60. The van der Waals surface area contributed by atoms with Crippen molar-refractivity contribution in [2.24, 2.45) is 0 Å². The Morgan fingerprint density at radius 2 is 0.786 bits per heavy atom. The molecule has 0 aliphatic heterocycles. The second-order valence-electron chi connectivity index (χ2n) is 21.8. The van der Waals surface area contributed by atoms with Gasteiger partial charge in [0.1, 0.15) is 11.2 Å². The highest BCUT2D eigenvalue weighted by atomic mass is 16.3. The van der Waals surface area contributed by atoms with E-state index >= 15 is 0 Å². The first-order valence-corrected chi connectivity index (χ1v) is 28.6. The monoisotopic (exact) mass is 1070 g/mol. The van der Waals surface area contributed by atoms with Crippen molar-refractivity contribution in [3.05, 3.63) is 309 Å². The summed E-state index contributed by atoms with van der Waals surface area (Å²) in [5.74, 6) is 0. The molecule has 0 atom stereocenters. The smallest absolute Gasteiger partial charge is 0.143 e. The van der Waals surface area contributed by atoms with Gasteiger partial charge in [-0.15, -0.1) is 0 Å². The van der Waals surface area contributed by atoms with Crippen LogP contribution in [0.2, 0.25) is 0 Å². The normalized spacial score (nSPS) is 12.1. The van der Waals surface area contributed by atoms with E-state index in [2.05, 4.69) is 263 Å². The third kappa shape index (κ3) is 7.62. The molecule has 0 fully saturated rings. The number of hydrogen-bond acceptors (Lipinski definition) is 3. The van der Waals surface area contributed by atoms with Crippen LogP contribution in [0.1, 0.15) is 2.74 Å². The maximum Gasteiger partial charge on any atom is 0.143 e. The number of anilines is 6. The number of fused-ring (bicyclic) bond motifs is 13. The molecule has 4 heteroatoms. The Kier molecular flexibility index (Phi) is 10.4. The van der Waals surface area contributed by atoms with Gasteiger partial charge in [0.05, 0.1) is 30.7 Å². The molecule has 4 nitrogen and oxygen atoms in total. The molecule has 3 aromatic heterocycles. The van der Waals surface area contributed by atoms with Gasteiger partial charge >= 0.3 is 0 Å².